The number of para-hydroxylation sites is 1. The summed E-state index contributed by atoms with van der Waals surface area (Å²) in [4.78, 5) is 22.4. The molecule has 0 bridgehead atoms. The maximum absolute atomic E-state index is 13.4. The second-order valence-corrected chi connectivity index (χ2v) is 6.45. The highest BCUT2D eigenvalue weighted by molar-refractivity contribution is 6.03. The summed E-state index contributed by atoms with van der Waals surface area (Å²) in [7, 11) is 0. The third kappa shape index (κ3) is 3.50. The maximum Gasteiger partial charge on any atom is 0.248 e. The Bertz CT molecular complexity index is 1160. The molecule has 0 aliphatic rings. The predicted molar refractivity (Wildman–Crippen MR) is 107 cm³/mol. The van der Waals surface area contributed by atoms with Gasteiger partial charge in [-0.2, -0.15) is 0 Å². The van der Waals surface area contributed by atoms with Crippen LogP contribution in [0.15, 0.2) is 71.6 Å². The molecule has 0 unspecified atom stereocenters. The number of amides is 1. The van der Waals surface area contributed by atoms with Gasteiger partial charge in [-0.05, 0) is 48.9 Å². The Hall–Kier alpha value is -3.87. The number of nitrogens with zero attached hydrogens (tertiary/aromatic N) is 4. The second kappa shape index (κ2) is 7.63. The van der Waals surface area contributed by atoms with Crippen LogP contribution in [0.5, 0.6) is 0 Å². The summed E-state index contributed by atoms with van der Waals surface area (Å²) in [6.07, 6.45) is 3.01. The molecule has 4 aromatic rings. The van der Waals surface area contributed by atoms with E-state index >= 15 is 0 Å². The largest absolute Gasteiger partial charge is 0.336 e. The van der Waals surface area contributed by atoms with Crippen molar-refractivity contribution < 1.29 is 13.7 Å². The van der Waals surface area contributed by atoms with Crippen molar-refractivity contribution >= 4 is 17.5 Å². The number of aryl methyl sites for hydroxylation is 1. The van der Waals surface area contributed by atoms with E-state index < -0.39 is 0 Å². The molecule has 0 N–H and O–H groups in total. The van der Waals surface area contributed by atoms with Gasteiger partial charge in [0.25, 0.3) is 0 Å². The van der Waals surface area contributed by atoms with Crippen LogP contribution < -0.4 is 4.90 Å². The Morgan fingerprint density at radius 3 is 2.48 bits per heavy atom. The first kappa shape index (κ1) is 18.5. The molecule has 144 valence electrons. The van der Waals surface area contributed by atoms with Gasteiger partial charge in [-0.15, -0.1) is 0 Å². The second-order valence-electron chi connectivity index (χ2n) is 6.45. The summed E-state index contributed by atoms with van der Waals surface area (Å²) in [6.45, 7) is 3.36. The zero-order chi connectivity index (χ0) is 20.4. The van der Waals surface area contributed by atoms with Crippen LogP contribution in [0.2, 0.25) is 0 Å². The van der Waals surface area contributed by atoms with Gasteiger partial charge in [0.15, 0.2) is 0 Å². The van der Waals surface area contributed by atoms with Crippen LogP contribution in [0.4, 0.5) is 16.0 Å². The standard InChI is InChI=1S/C22H17FN4O2/c1-14-5-3-4-6-19(14)27(15(2)28)22-20(18-11-12-24-13-25-18)21(26-29-22)16-7-9-17(23)10-8-16/h3-13H,1-2H3. The fourth-order valence-corrected chi connectivity index (χ4v) is 3.14. The molecule has 0 saturated heterocycles. The highest BCUT2D eigenvalue weighted by atomic mass is 19.1. The SMILES string of the molecule is CC(=O)N(c1ccccc1C)c1onc(-c2ccc(F)cc2)c1-c1ccncn1. The van der Waals surface area contributed by atoms with Gasteiger partial charge in [-0.1, -0.05) is 23.4 Å². The fraction of sp³-hybridized carbons (Fsp3) is 0.0909. The van der Waals surface area contributed by atoms with E-state index in [2.05, 4.69) is 15.1 Å². The molecule has 7 heteroatoms. The molecule has 6 nitrogen and oxygen atoms in total. The van der Waals surface area contributed by atoms with Gasteiger partial charge in [0.2, 0.25) is 11.8 Å². The van der Waals surface area contributed by atoms with Crippen molar-refractivity contribution in [3.05, 3.63) is 78.5 Å². The van der Waals surface area contributed by atoms with Crippen LogP contribution in [0.25, 0.3) is 22.5 Å². The van der Waals surface area contributed by atoms with Gasteiger partial charge in [0.1, 0.15) is 17.8 Å². The van der Waals surface area contributed by atoms with Crippen molar-refractivity contribution in [2.45, 2.75) is 13.8 Å². The third-order valence-electron chi connectivity index (χ3n) is 4.50. The minimum absolute atomic E-state index is 0.239. The van der Waals surface area contributed by atoms with Gasteiger partial charge in [-0.25, -0.2) is 19.3 Å². The van der Waals surface area contributed by atoms with Crippen LogP contribution in [0, 0.1) is 12.7 Å². The minimum Gasteiger partial charge on any atom is -0.336 e. The lowest BCUT2D eigenvalue weighted by Gasteiger charge is -2.21. The number of aromatic nitrogens is 3. The van der Waals surface area contributed by atoms with Crippen molar-refractivity contribution in [3.63, 3.8) is 0 Å². The van der Waals surface area contributed by atoms with Crippen LogP contribution >= 0.6 is 0 Å². The number of hydrogen-bond donors (Lipinski definition) is 0. The average molecular weight is 388 g/mol. The lowest BCUT2D eigenvalue weighted by Crippen LogP contribution is -2.23. The average Bonchev–Trinajstić information content (AvgIpc) is 3.15. The van der Waals surface area contributed by atoms with Crippen LogP contribution in [-0.2, 0) is 4.79 Å². The van der Waals surface area contributed by atoms with Gasteiger partial charge in [0, 0.05) is 18.7 Å². The van der Waals surface area contributed by atoms with Gasteiger partial charge in [-0.3, -0.25) is 4.79 Å². The molecule has 2 heterocycles. The van der Waals surface area contributed by atoms with Crippen molar-refractivity contribution in [1.29, 1.82) is 0 Å². The molecule has 0 aliphatic carbocycles. The van der Waals surface area contributed by atoms with E-state index in [1.807, 2.05) is 31.2 Å². The Morgan fingerprint density at radius 1 is 1.07 bits per heavy atom. The molecule has 0 saturated carbocycles. The number of halogens is 1. The number of carbonyl (C=O) groups is 1. The molecule has 0 spiro atoms. The molecule has 2 aromatic heterocycles. The van der Waals surface area contributed by atoms with Crippen molar-refractivity contribution in [3.8, 4) is 22.5 Å². The first-order chi connectivity index (χ1) is 14.1. The smallest absolute Gasteiger partial charge is 0.248 e. The Balaban J connectivity index is 1.97. The highest BCUT2D eigenvalue weighted by Crippen LogP contribution is 2.41. The predicted octanol–water partition coefficient (Wildman–Crippen LogP) is 4.93. The lowest BCUT2D eigenvalue weighted by atomic mass is 10.0. The van der Waals surface area contributed by atoms with E-state index in [0.29, 0.717) is 28.2 Å². The monoisotopic (exact) mass is 388 g/mol. The first-order valence-electron chi connectivity index (χ1n) is 8.94. The van der Waals surface area contributed by atoms with E-state index in [-0.39, 0.29) is 17.6 Å². The zero-order valence-electron chi connectivity index (χ0n) is 15.8. The number of anilines is 2. The van der Waals surface area contributed by atoms with Crippen LogP contribution in [-0.4, -0.2) is 21.0 Å². The molecule has 29 heavy (non-hydrogen) atoms. The Kier molecular flexibility index (Phi) is 4.87. The first-order valence-corrected chi connectivity index (χ1v) is 8.94. The fourth-order valence-electron chi connectivity index (χ4n) is 3.14. The quantitative estimate of drug-likeness (QED) is 0.496. The van der Waals surface area contributed by atoms with Crippen molar-refractivity contribution in [2.75, 3.05) is 4.90 Å². The summed E-state index contributed by atoms with van der Waals surface area (Å²) in [5.41, 5.74) is 3.74. The summed E-state index contributed by atoms with van der Waals surface area (Å²) < 4.78 is 19.1. The molecule has 4 rings (SSSR count). The number of carbonyl (C=O) groups excluding carboxylic acids is 1. The zero-order valence-corrected chi connectivity index (χ0v) is 15.8. The lowest BCUT2D eigenvalue weighted by molar-refractivity contribution is -0.116. The molecular formula is C22H17FN4O2. The molecule has 0 fully saturated rings. The minimum atomic E-state index is -0.355. The molecular weight excluding hydrogens is 371 g/mol. The Labute approximate surface area is 166 Å². The van der Waals surface area contributed by atoms with Crippen molar-refractivity contribution in [2.24, 2.45) is 0 Å². The molecule has 0 aliphatic heterocycles. The van der Waals surface area contributed by atoms with E-state index in [0.717, 1.165) is 5.56 Å². The van der Waals surface area contributed by atoms with Crippen LogP contribution in [0.1, 0.15) is 12.5 Å². The topological polar surface area (TPSA) is 72.1 Å². The van der Waals surface area contributed by atoms with Crippen molar-refractivity contribution in [1.82, 2.24) is 15.1 Å². The summed E-state index contributed by atoms with van der Waals surface area (Å²) in [5.74, 6) is -0.354. The van der Waals surface area contributed by atoms with Gasteiger partial charge >= 0.3 is 0 Å². The van der Waals surface area contributed by atoms with Gasteiger partial charge < -0.3 is 4.52 Å². The van der Waals surface area contributed by atoms with E-state index in [9.17, 15) is 9.18 Å². The summed E-state index contributed by atoms with van der Waals surface area (Å²) in [5, 5.41) is 4.20. The maximum atomic E-state index is 13.4. The normalized spacial score (nSPS) is 10.7. The summed E-state index contributed by atoms with van der Waals surface area (Å²) >= 11 is 0. The number of rotatable bonds is 4. The third-order valence-corrected chi connectivity index (χ3v) is 4.50. The van der Waals surface area contributed by atoms with E-state index in [1.54, 1.807) is 24.4 Å². The van der Waals surface area contributed by atoms with E-state index in [4.69, 9.17) is 4.52 Å². The molecule has 2 aromatic carbocycles. The molecule has 0 radical (unpaired) electrons. The van der Waals surface area contributed by atoms with Gasteiger partial charge in [0.05, 0.1) is 16.9 Å². The molecule has 0 atom stereocenters. The number of hydrogen-bond acceptors (Lipinski definition) is 5. The highest BCUT2D eigenvalue weighted by Gasteiger charge is 2.29. The number of benzene rings is 2. The van der Waals surface area contributed by atoms with Crippen LogP contribution in [0.3, 0.4) is 0 Å². The van der Waals surface area contributed by atoms with E-state index in [1.165, 1.54) is 30.3 Å². The summed E-state index contributed by atoms with van der Waals surface area (Å²) in [6, 6.07) is 15.1. The molecule has 1 amide bonds. The Morgan fingerprint density at radius 2 is 1.83 bits per heavy atom.